The molecule has 0 unspecified atom stereocenters. The highest BCUT2D eigenvalue weighted by molar-refractivity contribution is 5.91. The molecule has 0 aliphatic heterocycles. The number of hydrogen-bond donors (Lipinski definition) is 3. The van der Waals surface area contributed by atoms with Crippen molar-refractivity contribution in [1.29, 1.82) is 0 Å². The standard InChI is InChI=1S/C13H18N4O/c1-13(2,14)8-7-11(18)17-12-15-9-5-3-4-6-10(9)16-12/h3-6H,7-8,14H2,1-2H3,(H2,15,16,17,18). The van der Waals surface area contributed by atoms with Crippen LogP contribution in [0.4, 0.5) is 5.95 Å². The first-order chi connectivity index (χ1) is 8.44. The number of aromatic amines is 1. The number of H-pyrrole nitrogens is 1. The summed E-state index contributed by atoms with van der Waals surface area (Å²) in [6.45, 7) is 3.81. The van der Waals surface area contributed by atoms with Gasteiger partial charge in [-0.1, -0.05) is 12.1 Å². The molecule has 1 aromatic heterocycles. The van der Waals surface area contributed by atoms with Crippen molar-refractivity contribution in [2.75, 3.05) is 5.32 Å². The van der Waals surface area contributed by atoms with Crippen LogP contribution in [0.25, 0.3) is 11.0 Å². The zero-order valence-corrected chi connectivity index (χ0v) is 10.7. The Morgan fingerprint density at radius 3 is 2.83 bits per heavy atom. The number of nitrogens with two attached hydrogens (primary N) is 1. The second-order valence-corrected chi connectivity index (χ2v) is 5.14. The molecular weight excluding hydrogens is 228 g/mol. The van der Waals surface area contributed by atoms with Gasteiger partial charge in [0.1, 0.15) is 0 Å². The lowest BCUT2D eigenvalue weighted by atomic mass is 10.00. The summed E-state index contributed by atoms with van der Waals surface area (Å²) >= 11 is 0. The van der Waals surface area contributed by atoms with E-state index in [-0.39, 0.29) is 11.4 Å². The topological polar surface area (TPSA) is 83.8 Å². The van der Waals surface area contributed by atoms with E-state index in [1.165, 1.54) is 0 Å². The fourth-order valence-electron chi connectivity index (χ4n) is 1.64. The van der Waals surface area contributed by atoms with Crippen LogP contribution < -0.4 is 11.1 Å². The van der Waals surface area contributed by atoms with Crippen LogP contribution in [0.5, 0.6) is 0 Å². The Bertz CT molecular complexity index is 520. The van der Waals surface area contributed by atoms with Gasteiger partial charge in [-0.05, 0) is 32.4 Å². The number of nitrogens with zero attached hydrogens (tertiary/aromatic N) is 1. The summed E-state index contributed by atoms with van der Waals surface area (Å²) in [5, 5.41) is 2.74. The number of benzene rings is 1. The van der Waals surface area contributed by atoms with Crippen molar-refractivity contribution in [2.45, 2.75) is 32.2 Å². The number of rotatable bonds is 4. The Morgan fingerprint density at radius 1 is 1.44 bits per heavy atom. The Hall–Kier alpha value is -1.88. The smallest absolute Gasteiger partial charge is 0.226 e. The van der Waals surface area contributed by atoms with Crippen LogP contribution in [0.3, 0.4) is 0 Å². The van der Waals surface area contributed by atoms with Crippen molar-refractivity contribution >= 4 is 22.9 Å². The predicted octanol–water partition coefficient (Wildman–Crippen LogP) is 2.02. The van der Waals surface area contributed by atoms with Gasteiger partial charge in [-0.15, -0.1) is 0 Å². The van der Waals surface area contributed by atoms with Crippen LogP contribution in [-0.4, -0.2) is 21.4 Å². The summed E-state index contributed by atoms with van der Waals surface area (Å²) in [5.74, 6) is 0.406. The van der Waals surface area contributed by atoms with Crippen molar-refractivity contribution in [3.8, 4) is 0 Å². The molecule has 0 aliphatic carbocycles. The van der Waals surface area contributed by atoms with Crippen LogP contribution >= 0.6 is 0 Å². The summed E-state index contributed by atoms with van der Waals surface area (Å²) in [4.78, 5) is 19.0. The van der Waals surface area contributed by atoms with Crippen LogP contribution in [0.1, 0.15) is 26.7 Å². The van der Waals surface area contributed by atoms with E-state index in [2.05, 4.69) is 15.3 Å². The van der Waals surface area contributed by atoms with Crippen molar-refractivity contribution in [3.05, 3.63) is 24.3 Å². The van der Waals surface area contributed by atoms with E-state index in [0.29, 0.717) is 18.8 Å². The van der Waals surface area contributed by atoms with Gasteiger partial charge in [0.2, 0.25) is 11.9 Å². The van der Waals surface area contributed by atoms with E-state index in [4.69, 9.17) is 5.73 Å². The molecule has 0 atom stereocenters. The van der Waals surface area contributed by atoms with Gasteiger partial charge in [0.15, 0.2) is 0 Å². The van der Waals surface area contributed by atoms with Gasteiger partial charge in [0.25, 0.3) is 0 Å². The molecule has 5 heteroatoms. The fourth-order valence-corrected chi connectivity index (χ4v) is 1.64. The molecular formula is C13H18N4O. The maximum atomic E-state index is 11.7. The maximum Gasteiger partial charge on any atom is 0.226 e. The van der Waals surface area contributed by atoms with E-state index in [1.54, 1.807) is 0 Å². The van der Waals surface area contributed by atoms with Gasteiger partial charge in [0.05, 0.1) is 11.0 Å². The van der Waals surface area contributed by atoms with Gasteiger partial charge >= 0.3 is 0 Å². The number of aromatic nitrogens is 2. The largest absolute Gasteiger partial charge is 0.326 e. The number of fused-ring (bicyclic) bond motifs is 1. The number of para-hydroxylation sites is 2. The summed E-state index contributed by atoms with van der Waals surface area (Å²) < 4.78 is 0. The SMILES string of the molecule is CC(C)(N)CCC(=O)Nc1nc2ccccc2[nH]1. The normalized spacial score (nSPS) is 11.7. The molecule has 2 rings (SSSR count). The molecule has 4 N–H and O–H groups in total. The van der Waals surface area contributed by atoms with E-state index in [9.17, 15) is 4.79 Å². The maximum absolute atomic E-state index is 11.7. The third-order valence-electron chi connectivity index (χ3n) is 2.64. The number of carbonyl (C=O) groups excluding carboxylic acids is 1. The number of carbonyl (C=O) groups is 1. The molecule has 0 radical (unpaired) electrons. The number of nitrogens with one attached hydrogen (secondary N) is 2. The molecule has 18 heavy (non-hydrogen) atoms. The fraction of sp³-hybridized carbons (Fsp3) is 0.385. The summed E-state index contributed by atoms with van der Waals surface area (Å²) in [5.41, 5.74) is 7.26. The Labute approximate surface area is 106 Å². The second kappa shape index (κ2) is 4.78. The van der Waals surface area contributed by atoms with Crippen LogP contribution in [0.15, 0.2) is 24.3 Å². The first kappa shape index (κ1) is 12.6. The molecule has 5 nitrogen and oxygen atoms in total. The molecule has 1 heterocycles. The van der Waals surface area contributed by atoms with Gasteiger partial charge in [-0.3, -0.25) is 10.1 Å². The van der Waals surface area contributed by atoms with Gasteiger partial charge in [-0.2, -0.15) is 0 Å². The summed E-state index contributed by atoms with van der Waals surface area (Å²) in [6, 6.07) is 7.64. The predicted molar refractivity (Wildman–Crippen MR) is 72.2 cm³/mol. The molecule has 1 aromatic carbocycles. The molecule has 0 aliphatic rings. The number of amides is 1. The Kier molecular flexibility index (Phi) is 3.34. The lowest BCUT2D eigenvalue weighted by molar-refractivity contribution is -0.116. The Morgan fingerprint density at radius 2 is 2.17 bits per heavy atom. The molecule has 0 spiro atoms. The third kappa shape index (κ3) is 3.30. The molecule has 0 fully saturated rings. The zero-order chi connectivity index (χ0) is 13.2. The minimum Gasteiger partial charge on any atom is -0.326 e. The van der Waals surface area contributed by atoms with Gasteiger partial charge in [0, 0.05) is 12.0 Å². The van der Waals surface area contributed by atoms with Crippen molar-refractivity contribution in [2.24, 2.45) is 5.73 Å². The van der Waals surface area contributed by atoms with E-state index in [0.717, 1.165) is 11.0 Å². The molecule has 96 valence electrons. The minimum absolute atomic E-state index is 0.0763. The lowest BCUT2D eigenvalue weighted by Gasteiger charge is -2.17. The van der Waals surface area contributed by atoms with Crippen LogP contribution in [0, 0.1) is 0 Å². The third-order valence-corrected chi connectivity index (χ3v) is 2.64. The highest BCUT2D eigenvalue weighted by atomic mass is 16.1. The summed E-state index contributed by atoms with van der Waals surface area (Å²) in [6.07, 6.45) is 1.03. The Balaban J connectivity index is 1.99. The quantitative estimate of drug-likeness (QED) is 0.771. The molecule has 0 saturated heterocycles. The van der Waals surface area contributed by atoms with Crippen LogP contribution in [-0.2, 0) is 4.79 Å². The zero-order valence-electron chi connectivity index (χ0n) is 10.7. The molecule has 2 aromatic rings. The van der Waals surface area contributed by atoms with Crippen molar-refractivity contribution in [3.63, 3.8) is 0 Å². The molecule has 1 amide bonds. The van der Waals surface area contributed by atoms with Crippen molar-refractivity contribution in [1.82, 2.24) is 9.97 Å². The molecule has 0 saturated carbocycles. The average Bonchev–Trinajstić information content (AvgIpc) is 2.67. The number of imidazole rings is 1. The van der Waals surface area contributed by atoms with E-state index < -0.39 is 0 Å². The first-order valence-corrected chi connectivity index (χ1v) is 5.97. The minimum atomic E-state index is -0.328. The first-order valence-electron chi connectivity index (χ1n) is 5.97. The highest BCUT2D eigenvalue weighted by Crippen LogP contribution is 2.14. The van der Waals surface area contributed by atoms with E-state index >= 15 is 0 Å². The number of hydrogen-bond acceptors (Lipinski definition) is 3. The van der Waals surface area contributed by atoms with Crippen molar-refractivity contribution < 1.29 is 4.79 Å². The second-order valence-electron chi connectivity index (χ2n) is 5.14. The summed E-state index contributed by atoms with van der Waals surface area (Å²) in [7, 11) is 0. The average molecular weight is 246 g/mol. The lowest BCUT2D eigenvalue weighted by Crippen LogP contribution is -2.33. The highest BCUT2D eigenvalue weighted by Gasteiger charge is 2.14. The molecule has 0 bridgehead atoms. The van der Waals surface area contributed by atoms with E-state index in [1.807, 2.05) is 38.1 Å². The monoisotopic (exact) mass is 246 g/mol. The van der Waals surface area contributed by atoms with Gasteiger partial charge < -0.3 is 10.7 Å². The number of anilines is 1. The van der Waals surface area contributed by atoms with Crippen LogP contribution in [0.2, 0.25) is 0 Å². The van der Waals surface area contributed by atoms with Gasteiger partial charge in [-0.25, -0.2) is 4.98 Å².